The number of ether oxygens (including phenoxy) is 1. The van der Waals surface area contributed by atoms with Crippen LogP contribution in [0.1, 0.15) is 18.9 Å². The highest BCUT2D eigenvalue weighted by Crippen LogP contribution is 2.20. The molecule has 1 atom stereocenters. The standard InChI is InChI=1S/C19H23NO/c1-3-21-15(2)13-19(20)14-16-9-11-18(12-10-16)17-7-5-4-6-8-17/h4-12,19H,2-3,13-14,20H2,1H3/t19-/m0/s1. The second-order valence-electron chi connectivity index (χ2n) is 5.20. The molecule has 0 saturated heterocycles. The summed E-state index contributed by atoms with van der Waals surface area (Å²) < 4.78 is 5.35. The minimum Gasteiger partial charge on any atom is -0.499 e. The van der Waals surface area contributed by atoms with Crippen LogP contribution in [-0.4, -0.2) is 12.6 Å². The Morgan fingerprint density at radius 3 is 2.29 bits per heavy atom. The van der Waals surface area contributed by atoms with Crippen molar-refractivity contribution in [3.63, 3.8) is 0 Å². The molecule has 2 N–H and O–H groups in total. The molecule has 0 aliphatic heterocycles. The summed E-state index contributed by atoms with van der Waals surface area (Å²) in [6.07, 6.45) is 1.54. The van der Waals surface area contributed by atoms with Gasteiger partial charge >= 0.3 is 0 Å². The summed E-state index contributed by atoms with van der Waals surface area (Å²) in [5.41, 5.74) is 9.85. The Labute approximate surface area is 127 Å². The highest BCUT2D eigenvalue weighted by Gasteiger charge is 2.07. The van der Waals surface area contributed by atoms with E-state index in [1.165, 1.54) is 16.7 Å². The van der Waals surface area contributed by atoms with Gasteiger partial charge in [0.2, 0.25) is 0 Å². The van der Waals surface area contributed by atoms with Crippen LogP contribution in [0, 0.1) is 0 Å². The molecular weight excluding hydrogens is 258 g/mol. The van der Waals surface area contributed by atoms with E-state index in [1.807, 2.05) is 13.0 Å². The fraction of sp³-hybridized carbons (Fsp3) is 0.263. The molecule has 0 amide bonds. The van der Waals surface area contributed by atoms with Crippen LogP contribution in [-0.2, 0) is 11.2 Å². The van der Waals surface area contributed by atoms with Crippen molar-refractivity contribution >= 4 is 0 Å². The van der Waals surface area contributed by atoms with E-state index in [2.05, 4.69) is 55.1 Å². The largest absolute Gasteiger partial charge is 0.499 e. The highest BCUT2D eigenvalue weighted by molar-refractivity contribution is 5.63. The molecule has 0 aromatic heterocycles. The van der Waals surface area contributed by atoms with Crippen LogP contribution in [0.5, 0.6) is 0 Å². The van der Waals surface area contributed by atoms with Crippen LogP contribution >= 0.6 is 0 Å². The molecule has 0 bridgehead atoms. The molecular formula is C19H23NO. The Morgan fingerprint density at radius 1 is 1.05 bits per heavy atom. The molecule has 0 saturated carbocycles. The molecule has 2 aromatic rings. The fourth-order valence-electron chi connectivity index (χ4n) is 2.39. The van der Waals surface area contributed by atoms with Crippen molar-refractivity contribution in [3.05, 3.63) is 72.5 Å². The number of nitrogens with two attached hydrogens (primary N) is 1. The van der Waals surface area contributed by atoms with Crippen molar-refractivity contribution in [3.8, 4) is 11.1 Å². The zero-order chi connectivity index (χ0) is 15.1. The van der Waals surface area contributed by atoms with Crippen LogP contribution in [0.2, 0.25) is 0 Å². The fourth-order valence-corrected chi connectivity index (χ4v) is 2.39. The molecule has 2 rings (SSSR count). The maximum atomic E-state index is 6.15. The first-order valence-electron chi connectivity index (χ1n) is 7.39. The smallest absolute Gasteiger partial charge is 0.0903 e. The quantitative estimate of drug-likeness (QED) is 0.773. The van der Waals surface area contributed by atoms with Gasteiger partial charge in [0.05, 0.1) is 12.4 Å². The van der Waals surface area contributed by atoms with Crippen LogP contribution in [0.15, 0.2) is 66.9 Å². The number of benzene rings is 2. The monoisotopic (exact) mass is 281 g/mol. The third-order valence-electron chi connectivity index (χ3n) is 3.40. The van der Waals surface area contributed by atoms with Crippen molar-refractivity contribution in [2.45, 2.75) is 25.8 Å². The van der Waals surface area contributed by atoms with Crippen molar-refractivity contribution in [1.82, 2.24) is 0 Å². The summed E-state index contributed by atoms with van der Waals surface area (Å²) in [6, 6.07) is 19.0. The van der Waals surface area contributed by atoms with Gasteiger partial charge in [0, 0.05) is 12.5 Å². The topological polar surface area (TPSA) is 35.2 Å². The van der Waals surface area contributed by atoms with Gasteiger partial charge in [-0.15, -0.1) is 0 Å². The lowest BCUT2D eigenvalue weighted by atomic mass is 9.99. The molecule has 2 aromatic carbocycles. The van der Waals surface area contributed by atoms with E-state index in [1.54, 1.807) is 0 Å². The second-order valence-corrected chi connectivity index (χ2v) is 5.20. The number of hydrogen-bond donors (Lipinski definition) is 1. The van der Waals surface area contributed by atoms with E-state index in [9.17, 15) is 0 Å². The van der Waals surface area contributed by atoms with Gasteiger partial charge in [-0.3, -0.25) is 0 Å². The zero-order valence-corrected chi connectivity index (χ0v) is 12.6. The third-order valence-corrected chi connectivity index (χ3v) is 3.40. The molecule has 0 radical (unpaired) electrons. The van der Waals surface area contributed by atoms with Crippen LogP contribution < -0.4 is 5.73 Å². The maximum absolute atomic E-state index is 6.15. The maximum Gasteiger partial charge on any atom is 0.0903 e. The average molecular weight is 281 g/mol. The minimum absolute atomic E-state index is 0.0478. The lowest BCUT2D eigenvalue weighted by molar-refractivity contribution is 0.215. The average Bonchev–Trinajstić information content (AvgIpc) is 2.49. The first kappa shape index (κ1) is 15.3. The van der Waals surface area contributed by atoms with Gasteiger partial charge < -0.3 is 10.5 Å². The first-order valence-corrected chi connectivity index (χ1v) is 7.39. The molecule has 110 valence electrons. The summed E-state index contributed by atoms with van der Waals surface area (Å²) in [7, 11) is 0. The van der Waals surface area contributed by atoms with Gasteiger partial charge in [-0.1, -0.05) is 61.2 Å². The van der Waals surface area contributed by atoms with E-state index in [4.69, 9.17) is 10.5 Å². The van der Waals surface area contributed by atoms with E-state index in [0.717, 1.165) is 12.2 Å². The summed E-state index contributed by atoms with van der Waals surface area (Å²) in [6.45, 7) is 6.49. The van der Waals surface area contributed by atoms with Gasteiger partial charge in [-0.25, -0.2) is 0 Å². The van der Waals surface area contributed by atoms with E-state index in [0.29, 0.717) is 13.0 Å². The predicted octanol–water partition coefficient (Wildman–Crippen LogP) is 4.16. The Bertz CT molecular complexity index is 560. The Balaban J connectivity index is 1.95. The lowest BCUT2D eigenvalue weighted by Gasteiger charge is -2.14. The van der Waals surface area contributed by atoms with E-state index < -0.39 is 0 Å². The lowest BCUT2D eigenvalue weighted by Crippen LogP contribution is -2.23. The second kappa shape index (κ2) is 7.65. The minimum atomic E-state index is 0.0478. The van der Waals surface area contributed by atoms with Gasteiger partial charge in [-0.2, -0.15) is 0 Å². The summed E-state index contributed by atoms with van der Waals surface area (Å²) in [5, 5.41) is 0. The highest BCUT2D eigenvalue weighted by atomic mass is 16.5. The molecule has 2 heteroatoms. The van der Waals surface area contributed by atoms with Crippen molar-refractivity contribution in [1.29, 1.82) is 0 Å². The summed E-state index contributed by atoms with van der Waals surface area (Å²) in [5.74, 6) is 0.769. The Kier molecular flexibility index (Phi) is 5.59. The normalized spacial score (nSPS) is 11.9. The van der Waals surface area contributed by atoms with E-state index in [-0.39, 0.29) is 6.04 Å². The molecule has 0 aliphatic rings. The molecule has 0 aliphatic carbocycles. The Hall–Kier alpha value is -2.06. The predicted molar refractivity (Wildman–Crippen MR) is 88.9 cm³/mol. The van der Waals surface area contributed by atoms with Crippen molar-refractivity contribution in [2.24, 2.45) is 5.73 Å². The molecule has 21 heavy (non-hydrogen) atoms. The first-order chi connectivity index (χ1) is 10.2. The van der Waals surface area contributed by atoms with Crippen molar-refractivity contribution in [2.75, 3.05) is 6.61 Å². The molecule has 0 unspecified atom stereocenters. The zero-order valence-electron chi connectivity index (χ0n) is 12.6. The number of rotatable bonds is 7. The van der Waals surface area contributed by atoms with Gasteiger partial charge in [0.15, 0.2) is 0 Å². The van der Waals surface area contributed by atoms with Gasteiger partial charge in [0.25, 0.3) is 0 Å². The molecule has 0 fully saturated rings. The summed E-state index contributed by atoms with van der Waals surface area (Å²) in [4.78, 5) is 0. The molecule has 0 spiro atoms. The van der Waals surface area contributed by atoms with Crippen LogP contribution in [0.4, 0.5) is 0 Å². The van der Waals surface area contributed by atoms with Crippen LogP contribution in [0.25, 0.3) is 11.1 Å². The van der Waals surface area contributed by atoms with Crippen molar-refractivity contribution < 1.29 is 4.74 Å². The Morgan fingerprint density at radius 2 is 1.67 bits per heavy atom. The number of hydrogen-bond acceptors (Lipinski definition) is 2. The van der Waals surface area contributed by atoms with E-state index >= 15 is 0 Å². The summed E-state index contributed by atoms with van der Waals surface area (Å²) >= 11 is 0. The third kappa shape index (κ3) is 4.76. The molecule has 2 nitrogen and oxygen atoms in total. The van der Waals surface area contributed by atoms with Gasteiger partial charge in [0.1, 0.15) is 0 Å². The SMILES string of the molecule is C=C(C[C@H](N)Cc1ccc(-c2ccccc2)cc1)OCC. The van der Waals surface area contributed by atoms with Crippen LogP contribution in [0.3, 0.4) is 0 Å². The molecule has 0 heterocycles. The van der Waals surface area contributed by atoms with Gasteiger partial charge in [-0.05, 0) is 30.0 Å².